The number of aromatic nitrogens is 1. The van der Waals surface area contributed by atoms with E-state index in [9.17, 15) is 9.59 Å². The second-order valence-electron chi connectivity index (χ2n) is 7.64. The molecule has 2 aromatic carbocycles. The fourth-order valence-electron chi connectivity index (χ4n) is 3.96. The van der Waals surface area contributed by atoms with E-state index in [-0.39, 0.29) is 30.4 Å². The quantitative estimate of drug-likeness (QED) is 0.677. The molecule has 1 aliphatic rings. The maximum absolute atomic E-state index is 12.9. The van der Waals surface area contributed by atoms with Crippen molar-refractivity contribution in [3.8, 4) is 11.5 Å². The summed E-state index contributed by atoms with van der Waals surface area (Å²) < 4.78 is 10.7. The molecule has 156 valence electrons. The van der Waals surface area contributed by atoms with Crippen molar-refractivity contribution in [1.29, 1.82) is 0 Å². The molecule has 0 spiro atoms. The average Bonchev–Trinajstić information content (AvgIpc) is 3.40. The first-order chi connectivity index (χ1) is 14.5. The molecule has 4 rings (SSSR count). The van der Waals surface area contributed by atoms with Crippen molar-refractivity contribution in [2.75, 3.05) is 25.7 Å². The van der Waals surface area contributed by atoms with Gasteiger partial charge in [-0.2, -0.15) is 0 Å². The first-order valence-corrected chi connectivity index (χ1v) is 10.1. The lowest BCUT2D eigenvalue weighted by atomic mass is 10.1. The summed E-state index contributed by atoms with van der Waals surface area (Å²) >= 11 is 0. The second-order valence-corrected chi connectivity index (χ2v) is 7.64. The third kappa shape index (κ3) is 4.21. The molecule has 0 radical (unpaired) electrons. The SMILES string of the molecule is COCC(=O)N[C@H]1CC[C@@H](C(=O)N(C)c2ccc(-c3nc4ccccc4o3)cc2)C1. The van der Waals surface area contributed by atoms with Gasteiger partial charge in [-0.3, -0.25) is 9.59 Å². The lowest BCUT2D eigenvalue weighted by Crippen LogP contribution is -2.37. The number of amides is 2. The molecule has 2 amide bonds. The Balaban J connectivity index is 1.40. The number of carbonyl (C=O) groups excluding carboxylic acids is 2. The van der Waals surface area contributed by atoms with Crippen LogP contribution in [0.4, 0.5) is 5.69 Å². The predicted molar refractivity (Wildman–Crippen MR) is 114 cm³/mol. The molecule has 0 unspecified atom stereocenters. The summed E-state index contributed by atoms with van der Waals surface area (Å²) in [6, 6.07) is 15.3. The minimum absolute atomic E-state index is 0.0246. The minimum atomic E-state index is -0.140. The van der Waals surface area contributed by atoms with Crippen molar-refractivity contribution < 1.29 is 18.7 Å². The van der Waals surface area contributed by atoms with Crippen molar-refractivity contribution in [2.45, 2.75) is 25.3 Å². The Morgan fingerprint density at radius 3 is 2.67 bits per heavy atom. The molecule has 1 N–H and O–H groups in total. The minimum Gasteiger partial charge on any atom is -0.436 e. The number of nitrogens with one attached hydrogen (secondary N) is 1. The highest BCUT2D eigenvalue weighted by atomic mass is 16.5. The number of carbonyl (C=O) groups is 2. The fraction of sp³-hybridized carbons (Fsp3) is 0.348. The molecule has 1 aliphatic carbocycles. The maximum atomic E-state index is 12.9. The number of para-hydroxylation sites is 2. The number of rotatable bonds is 6. The van der Waals surface area contributed by atoms with E-state index in [1.165, 1.54) is 7.11 Å². The lowest BCUT2D eigenvalue weighted by molar-refractivity contribution is -0.126. The molecule has 30 heavy (non-hydrogen) atoms. The summed E-state index contributed by atoms with van der Waals surface area (Å²) in [5.41, 5.74) is 3.24. The number of fused-ring (bicyclic) bond motifs is 1. The number of nitrogens with zero attached hydrogens (tertiary/aromatic N) is 2. The highest BCUT2D eigenvalue weighted by Crippen LogP contribution is 2.30. The van der Waals surface area contributed by atoms with Gasteiger partial charge in [0.25, 0.3) is 0 Å². The van der Waals surface area contributed by atoms with Crippen molar-refractivity contribution in [3.05, 3.63) is 48.5 Å². The van der Waals surface area contributed by atoms with Crippen LogP contribution in [-0.2, 0) is 14.3 Å². The molecule has 0 aliphatic heterocycles. The molecule has 2 atom stereocenters. The van der Waals surface area contributed by atoms with Crippen LogP contribution in [0.25, 0.3) is 22.6 Å². The number of hydrogen-bond donors (Lipinski definition) is 1. The molecule has 1 heterocycles. The van der Waals surface area contributed by atoms with Crippen LogP contribution >= 0.6 is 0 Å². The molecule has 0 saturated heterocycles. The molecule has 7 heteroatoms. The van der Waals surface area contributed by atoms with Crippen LogP contribution in [0.3, 0.4) is 0 Å². The van der Waals surface area contributed by atoms with E-state index in [4.69, 9.17) is 9.15 Å². The van der Waals surface area contributed by atoms with E-state index in [0.29, 0.717) is 12.3 Å². The highest BCUT2D eigenvalue weighted by Gasteiger charge is 2.32. The fourth-order valence-corrected chi connectivity index (χ4v) is 3.96. The van der Waals surface area contributed by atoms with Crippen molar-refractivity contribution in [3.63, 3.8) is 0 Å². The summed E-state index contributed by atoms with van der Waals surface area (Å²) in [7, 11) is 3.28. The summed E-state index contributed by atoms with van der Waals surface area (Å²) in [4.78, 5) is 30.8. The lowest BCUT2D eigenvalue weighted by Gasteiger charge is -2.21. The maximum Gasteiger partial charge on any atom is 0.246 e. The Morgan fingerprint density at radius 1 is 1.17 bits per heavy atom. The van der Waals surface area contributed by atoms with E-state index in [0.717, 1.165) is 35.2 Å². The zero-order valence-corrected chi connectivity index (χ0v) is 17.1. The van der Waals surface area contributed by atoms with Crippen molar-refractivity contribution >= 4 is 28.6 Å². The predicted octanol–water partition coefficient (Wildman–Crippen LogP) is 3.39. The molecule has 7 nitrogen and oxygen atoms in total. The molecular weight excluding hydrogens is 382 g/mol. The first kappa shape index (κ1) is 20.1. The van der Waals surface area contributed by atoms with Crippen LogP contribution in [0.5, 0.6) is 0 Å². The topological polar surface area (TPSA) is 84.7 Å². The highest BCUT2D eigenvalue weighted by molar-refractivity contribution is 5.95. The van der Waals surface area contributed by atoms with Gasteiger partial charge in [-0.25, -0.2) is 4.98 Å². The summed E-state index contributed by atoms with van der Waals surface area (Å²) in [5.74, 6) is 0.383. The van der Waals surface area contributed by atoms with Crippen LogP contribution < -0.4 is 10.2 Å². The third-order valence-electron chi connectivity index (χ3n) is 5.55. The summed E-state index contributed by atoms with van der Waals surface area (Å²) in [6.07, 6.45) is 2.22. The number of hydrogen-bond acceptors (Lipinski definition) is 5. The zero-order valence-electron chi connectivity index (χ0n) is 17.1. The van der Waals surface area contributed by atoms with Gasteiger partial charge in [-0.15, -0.1) is 0 Å². The van der Waals surface area contributed by atoms with Gasteiger partial charge in [0.2, 0.25) is 17.7 Å². The van der Waals surface area contributed by atoms with Crippen LogP contribution in [0, 0.1) is 5.92 Å². The van der Waals surface area contributed by atoms with Crippen LogP contribution in [0.2, 0.25) is 0 Å². The standard InChI is InChI=1S/C23H25N3O4/c1-26(23(28)16-7-10-17(13-16)24-21(27)14-29-2)18-11-8-15(9-12-18)22-25-19-5-3-4-6-20(19)30-22/h3-6,8-9,11-12,16-17H,7,10,13-14H2,1-2H3,(H,24,27)/t16-,17+/m1/s1. The van der Waals surface area contributed by atoms with E-state index in [1.807, 2.05) is 48.5 Å². The van der Waals surface area contributed by atoms with Gasteiger partial charge in [0.05, 0.1) is 0 Å². The second kappa shape index (κ2) is 8.67. The number of oxazole rings is 1. The van der Waals surface area contributed by atoms with Crippen molar-refractivity contribution in [2.24, 2.45) is 5.92 Å². The first-order valence-electron chi connectivity index (χ1n) is 10.1. The Kier molecular flexibility index (Phi) is 5.81. The molecule has 1 fully saturated rings. The number of ether oxygens (including phenoxy) is 1. The van der Waals surface area contributed by atoms with Gasteiger partial charge in [0.15, 0.2) is 5.58 Å². The summed E-state index contributed by atoms with van der Waals surface area (Å²) in [5, 5.41) is 2.93. The van der Waals surface area contributed by atoms with Crippen LogP contribution in [0.15, 0.2) is 52.9 Å². The third-order valence-corrected chi connectivity index (χ3v) is 5.55. The number of anilines is 1. The Hall–Kier alpha value is -3.19. The smallest absolute Gasteiger partial charge is 0.246 e. The van der Waals surface area contributed by atoms with E-state index >= 15 is 0 Å². The number of methoxy groups -OCH3 is 1. The van der Waals surface area contributed by atoms with E-state index in [1.54, 1.807) is 11.9 Å². The monoisotopic (exact) mass is 407 g/mol. The van der Waals surface area contributed by atoms with E-state index in [2.05, 4.69) is 10.3 Å². The number of benzene rings is 2. The molecule has 0 bridgehead atoms. The average molecular weight is 407 g/mol. The van der Waals surface area contributed by atoms with Gasteiger partial charge < -0.3 is 19.4 Å². The van der Waals surface area contributed by atoms with E-state index < -0.39 is 0 Å². The largest absolute Gasteiger partial charge is 0.436 e. The van der Waals surface area contributed by atoms with Gasteiger partial charge in [-0.05, 0) is 55.7 Å². The summed E-state index contributed by atoms with van der Waals surface area (Å²) in [6.45, 7) is 0.0431. The molecule has 1 aromatic heterocycles. The molecular formula is C23H25N3O4. The zero-order chi connectivity index (χ0) is 21.1. The van der Waals surface area contributed by atoms with Gasteiger partial charge in [-0.1, -0.05) is 12.1 Å². The van der Waals surface area contributed by atoms with Crippen LogP contribution in [0.1, 0.15) is 19.3 Å². The van der Waals surface area contributed by atoms with Gasteiger partial charge in [0, 0.05) is 37.4 Å². The Morgan fingerprint density at radius 2 is 1.93 bits per heavy atom. The molecule has 3 aromatic rings. The van der Waals surface area contributed by atoms with Gasteiger partial charge >= 0.3 is 0 Å². The van der Waals surface area contributed by atoms with Crippen LogP contribution in [-0.4, -0.2) is 43.6 Å². The molecule has 1 saturated carbocycles. The Bertz CT molecular complexity index is 1010. The Labute approximate surface area is 175 Å². The van der Waals surface area contributed by atoms with Crippen molar-refractivity contribution in [1.82, 2.24) is 10.3 Å². The van der Waals surface area contributed by atoms with Gasteiger partial charge in [0.1, 0.15) is 12.1 Å². The normalized spacial score (nSPS) is 18.5.